The van der Waals surface area contributed by atoms with Gasteiger partial charge in [-0.05, 0) is 56.4 Å². The third kappa shape index (κ3) is 3.76. The van der Waals surface area contributed by atoms with Gasteiger partial charge in [0.05, 0.1) is 6.61 Å². The van der Waals surface area contributed by atoms with Crippen LogP contribution in [0.5, 0.6) is 0 Å². The summed E-state index contributed by atoms with van der Waals surface area (Å²) in [6.07, 6.45) is 4.37. The molecule has 0 atom stereocenters. The first-order valence-corrected chi connectivity index (χ1v) is 7.93. The molecule has 1 amide bonds. The van der Waals surface area contributed by atoms with Gasteiger partial charge >= 0.3 is 0 Å². The summed E-state index contributed by atoms with van der Waals surface area (Å²) in [6.45, 7) is 5.54. The number of anilines is 1. The van der Waals surface area contributed by atoms with Crippen molar-refractivity contribution in [3.05, 3.63) is 29.3 Å². The second-order valence-electron chi connectivity index (χ2n) is 5.76. The molecule has 1 aliphatic rings. The monoisotopic (exact) mass is 290 g/mol. The average Bonchev–Trinajstić information content (AvgIpc) is 2.43. The van der Waals surface area contributed by atoms with Gasteiger partial charge < -0.3 is 15.3 Å². The Morgan fingerprint density at radius 1 is 1.43 bits per heavy atom. The molecule has 116 valence electrons. The third-order valence-corrected chi connectivity index (χ3v) is 4.16. The summed E-state index contributed by atoms with van der Waals surface area (Å²) in [6, 6.07) is 6.12. The third-order valence-electron chi connectivity index (χ3n) is 4.16. The second-order valence-corrected chi connectivity index (χ2v) is 5.76. The molecular weight excluding hydrogens is 264 g/mol. The van der Waals surface area contributed by atoms with E-state index < -0.39 is 0 Å². The lowest BCUT2D eigenvalue weighted by molar-refractivity contribution is 0.0526. The number of hydrogen-bond acceptors (Lipinski definition) is 3. The highest BCUT2D eigenvalue weighted by atomic mass is 16.3. The molecule has 1 fully saturated rings. The maximum Gasteiger partial charge on any atom is 0.254 e. The van der Waals surface area contributed by atoms with E-state index >= 15 is 0 Å². The summed E-state index contributed by atoms with van der Waals surface area (Å²) in [7, 11) is 0. The molecule has 0 saturated heterocycles. The molecule has 0 aliphatic heterocycles. The van der Waals surface area contributed by atoms with Crippen molar-refractivity contribution >= 4 is 11.6 Å². The second kappa shape index (κ2) is 7.46. The summed E-state index contributed by atoms with van der Waals surface area (Å²) >= 11 is 0. The zero-order valence-corrected chi connectivity index (χ0v) is 13.1. The number of benzene rings is 1. The van der Waals surface area contributed by atoms with Gasteiger partial charge in [-0.15, -0.1) is 0 Å². The standard InChI is InChI=1S/C17H26N2O2/c1-3-9-18-16-8-7-14(12-13(16)2)17(21)19(10-11-20)15-5-4-6-15/h7-8,12,15,18,20H,3-6,9-11H2,1-2H3. The van der Waals surface area contributed by atoms with E-state index in [-0.39, 0.29) is 12.5 Å². The van der Waals surface area contributed by atoms with Gasteiger partial charge in [-0.3, -0.25) is 4.79 Å². The molecule has 21 heavy (non-hydrogen) atoms. The highest BCUT2D eigenvalue weighted by molar-refractivity contribution is 5.95. The Morgan fingerprint density at radius 3 is 2.71 bits per heavy atom. The molecular formula is C17H26N2O2. The van der Waals surface area contributed by atoms with Crippen LogP contribution in [-0.2, 0) is 0 Å². The van der Waals surface area contributed by atoms with E-state index in [9.17, 15) is 9.90 Å². The number of nitrogens with zero attached hydrogens (tertiary/aromatic N) is 1. The molecule has 0 radical (unpaired) electrons. The zero-order chi connectivity index (χ0) is 15.2. The fourth-order valence-electron chi connectivity index (χ4n) is 2.68. The number of carbonyl (C=O) groups excluding carboxylic acids is 1. The molecule has 0 aromatic heterocycles. The fraction of sp³-hybridized carbons (Fsp3) is 0.588. The largest absolute Gasteiger partial charge is 0.395 e. The first-order chi connectivity index (χ1) is 10.2. The molecule has 0 heterocycles. The van der Waals surface area contributed by atoms with Gasteiger partial charge in [0.15, 0.2) is 0 Å². The Morgan fingerprint density at radius 2 is 2.19 bits per heavy atom. The van der Waals surface area contributed by atoms with E-state index in [1.165, 1.54) is 6.42 Å². The molecule has 0 unspecified atom stereocenters. The lowest BCUT2D eigenvalue weighted by Crippen LogP contribution is -2.45. The quantitative estimate of drug-likeness (QED) is 0.812. The molecule has 1 aromatic rings. The minimum absolute atomic E-state index is 0.0252. The molecule has 4 nitrogen and oxygen atoms in total. The van der Waals surface area contributed by atoms with E-state index in [1.807, 2.05) is 30.0 Å². The van der Waals surface area contributed by atoms with E-state index in [2.05, 4.69) is 12.2 Å². The summed E-state index contributed by atoms with van der Waals surface area (Å²) in [5, 5.41) is 12.6. The Hall–Kier alpha value is -1.55. The predicted molar refractivity (Wildman–Crippen MR) is 85.7 cm³/mol. The first kappa shape index (κ1) is 15.8. The molecule has 0 bridgehead atoms. The highest BCUT2D eigenvalue weighted by Gasteiger charge is 2.29. The van der Waals surface area contributed by atoms with Gasteiger partial charge in [0.25, 0.3) is 5.91 Å². The average molecular weight is 290 g/mol. The van der Waals surface area contributed by atoms with Crippen molar-refractivity contribution in [2.75, 3.05) is 25.0 Å². The van der Waals surface area contributed by atoms with Crippen LogP contribution in [0.3, 0.4) is 0 Å². The van der Waals surface area contributed by atoms with Gasteiger partial charge in [0, 0.05) is 30.4 Å². The van der Waals surface area contributed by atoms with Crippen molar-refractivity contribution in [2.45, 2.75) is 45.6 Å². The van der Waals surface area contributed by atoms with Gasteiger partial charge in [-0.1, -0.05) is 6.92 Å². The first-order valence-electron chi connectivity index (χ1n) is 7.93. The van der Waals surface area contributed by atoms with Gasteiger partial charge in [0.1, 0.15) is 0 Å². The summed E-state index contributed by atoms with van der Waals surface area (Å²) in [4.78, 5) is 14.5. The molecule has 4 heteroatoms. The fourth-order valence-corrected chi connectivity index (χ4v) is 2.68. The number of aryl methyl sites for hydroxylation is 1. The Labute approximate surface area is 127 Å². The van der Waals surface area contributed by atoms with Crippen molar-refractivity contribution in [1.29, 1.82) is 0 Å². The van der Waals surface area contributed by atoms with Crippen LogP contribution < -0.4 is 5.32 Å². The topological polar surface area (TPSA) is 52.6 Å². The van der Waals surface area contributed by atoms with Crippen LogP contribution in [0, 0.1) is 6.92 Å². The number of amides is 1. The van der Waals surface area contributed by atoms with Crippen LogP contribution >= 0.6 is 0 Å². The van der Waals surface area contributed by atoms with Gasteiger partial charge in [-0.25, -0.2) is 0 Å². The van der Waals surface area contributed by atoms with Gasteiger partial charge in [-0.2, -0.15) is 0 Å². The van der Waals surface area contributed by atoms with E-state index in [1.54, 1.807) is 0 Å². The number of carbonyl (C=O) groups is 1. The van der Waals surface area contributed by atoms with E-state index in [0.717, 1.165) is 42.6 Å². The number of aliphatic hydroxyl groups excluding tert-OH is 1. The molecule has 2 N–H and O–H groups in total. The van der Waals surface area contributed by atoms with Crippen molar-refractivity contribution in [3.63, 3.8) is 0 Å². The van der Waals surface area contributed by atoms with E-state index in [0.29, 0.717) is 12.6 Å². The Balaban J connectivity index is 2.11. The Kier molecular flexibility index (Phi) is 5.62. The van der Waals surface area contributed by atoms with Crippen LogP contribution in [0.4, 0.5) is 5.69 Å². The minimum atomic E-state index is 0.0252. The lowest BCUT2D eigenvalue weighted by Gasteiger charge is -2.37. The minimum Gasteiger partial charge on any atom is -0.395 e. The lowest BCUT2D eigenvalue weighted by atomic mass is 9.91. The maximum atomic E-state index is 12.6. The normalized spacial score (nSPS) is 14.6. The maximum absolute atomic E-state index is 12.6. The van der Waals surface area contributed by atoms with Crippen LogP contribution in [0.1, 0.15) is 48.5 Å². The van der Waals surface area contributed by atoms with Gasteiger partial charge in [0.2, 0.25) is 0 Å². The Bertz CT molecular complexity index is 484. The SMILES string of the molecule is CCCNc1ccc(C(=O)N(CCO)C2CCC2)cc1C. The summed E-state index contributed by atoms with van der Waals surface area (Å²) in [5.74, 6) is 0.0406. The zero-order valence-electron chi connectivity index (χ0n) is 13.1. The molecule has 1 aromatic carbocycles. The molecule has 1 saturated carbocycles. The summed E-state index contributed by atoms with van der Waals surface area (Å²) in [5.41, 5.74) is 2.90. The van der Waals surface area contributed by atoms with Crippen molar-refractivity contribution in [3.8, 4) is 0 Å². The van der Waals surface area contributed by atoms with Crippen LogP contribution in [-0.4, -0.2) is 41.7 Å². The summed E-state index contributed by atoms with van der Waals surface area (Å²) < 4.78 is 0. The number of aliphatic hydroxyl groups is 1. The highest BCUT2D eigenvalue weighted by Crippen LogP contribution is 2.27. The van der Waals surface area contributed by atoms with Crippen molar-refractivity contribution < 1.29 is 9.90 Å². The van der Waals surface area contributed by atoms with Crippen molar-refractivity contribution in [2.24, 2.45) is 0 Å². The van der Waals surface area contributed by atoms with Crippen LogP contribution in [0.25, 0.3) is 0 Å². The molecule has 0 spiro atoms. The van der Waals surface area contributed by atoms with Crippen LogP contribution in [0.15, 0.2) is 18.2 Å². The number of rotatable bonds is 7. The number of nitrogens with one attached hydrogen (secondary N) is 1. The van der Waals surface area contributed by atoms with Crippen LogP contribution in [0.2, 0.25) is 0 Å². The molecule has 1 aliphatic carbocycles. The number of hydrogen-bond donors (Lipinski definition) is 2. The van der Waals surface area contributed by atoms with E-state index in [4.69, 9.17) is 0 Å². The predicted octanol–water partition coefficient (Wildman–Crippen LogP) is 2.80. The molecule has 2 rings (SSSR count). The van der Waals surface area contributed by atoms with Crippen molar-refractivity contribution in [1.82, 2.24) is 4.90 Å². The smallest absolute Gasteiger partial charge is 0.254 e.